The Morgan fingerprint density at radius 3 is 2.41 bits per heavy atom. The van der Waals surface area contributed by atoms with Gasteiger partial charge in [0.1, 0.15) is 13.2 Å². The molecule has 0 aliphatic carbocycles. The van der Waals surface area contributed by atoms with Gasteiger partial charge in [-0.1, -0.05) is 12.2 Å². The molecule has 3 rings (SSSR count). The SMILES string of the molecule is C=C(C)CN(CC)C(=O)CN1CCN(S(=O)(=O)c2ccc3c(c2)OCCO3)CC1. The molecule has 2 aliphatic rings. The third-order valence-electron chi connectivity index (χ3n) is 5.04. The summed E-state index contributed by atoms with van der Waals surface area (Å²) >= 11 is 0. The van der Waals surface area contributed by atoms with E-state index in [9.17, 15) is 13.2 Å². The van der Waals surface area contributed by atoms with E-state index in [0.717, 1.165) is 5.57 Å². The minimum Gasteiger partial charge on any atom is -0.486 e. The smallest absolute Gasteiger partial charge is 0.243 e. The molecule has 0 unspecified atom stereocenters. The van der Waals surface area contributed by atoms with Crippen molar-refractivity contribution in [1.82, 2.24) is 14.1 Å². The van der Waals surface area contributed by atoms with Gasteiger partial charge in [0.25, 0.3) is 0 Å². The molecule has 0 N–H and O–H groups in total. The Balaban J connectivity index is 1.60. The maximum absolute atomic E-state index is 13.0. The number of likely N-dealkylation sites (N-methyl/N-ethyl adjacent to an activating group) is 1. The number of amides is 1. The summed E-state index contributed by atoms with van der Waals surface area (Å²) in [4.78, 5) is 16.5. The van der Waals surface area contributed by atoms with Gasteiger partial charge < -0.3 is 14.4 Å². The number of piperazine rings is 1. The highest BCUT2D eigenvalue weighted by Crippen LogP contribution is 2.33. The third-order valence-corrected chi connectivity index (χ3v) is 6.93. The van der Waals surface area contributed by atoms with Crippen molar-refractivity contribution in [2.75, 3.05) is 59.0 Å². The highest BCUT2D eigenvalue weighted by molar-refractivity contribution is 7.89. The number of hydrogen-bond acceptors (Lipinski definition) is 6. The van der Waals surface area contributed by atoms with Crippen LogP contribution in [0.3, 0.4) is 0 Å². The first-order valence-corrected chi connectivity index (χ1v) is 11.3. The van der Waals surface area contributed by atoms with E-state index < -0.39 is 10.0 Å². The van der Waals surface area contributed by atoms with Gasteiger partial charge in [0, 0.05) is 45.3 Å². The summed E-state index contributed by atoms with van der Waals surface area (Å²) in [7, 11) is -3.62. The Hall–Kier alpha value is -2.10. The summed E-state index contributed by atoms with van der Waals surface area (Å²) in [5.74, 6) is 1.06. The topological polar surface area (TPSA) is 79.4 Å². The lowest BCUT2D eigenvalue weighted by Crippen LogP contribution is -2.51. The van der Waals surface area contributed by atoms with Crippen molar-refractivity contribution < 1.29 is 22.7 Å². The Morgan fingerprint density at radius 1 is 1.14 bits per heavy atom. The molecule has 1 aromatic carbocycles. The van der Waals surface area contributed by atoms with Gasteiger partial charge in [0.2, 0.25) is 15.9 Å². The molecule has 0 spiro atoms. The van der Waals surface area contributed by atoms with Crippen LogP contribution in [-0.4, -0.2) is 87.5 Å². The fourth-order valence-electron chi connectivity index (χ4n) is 3.45. The zero-order chi connectivity index (χ0) is 21.0. The first kappa shape index (κ1) is 21.6. The van der Waals surface area contributed by atoms with Crippen LogP contribution in [0.4, 0.5) is 0 Å². The number of sulfonamides is 1. The van der Waals surface area contributed by atoms with Crippen molar-refractivity contribution in [2.45, 2.75) is 18.7 Å². The number of ether oxygens (including phenoxy) is 2. The average molecular weight is 424 g/mol. The second kappa shape index (κ2) is 9.15. The summed E-state index contributed by atoms with van der Waals surface area (Å²) in [5, 5.41) is 0. The monoisotopic (exact) mass is 423 g/mol. The molecule has 0 radical (unpaired) electrons. The number of hydrogen-bond donors (Lipinski definition) is 0. The standard InChI is InChI=1S/C20H29N3O5S/c1-4-22(14-16(2)3)20(24)15-21-7-9-23(10-8-21)29(25,26)17-5-6-18-19(13-17)28-12-11-27-18/h5-6,13H,2,4,7-12,14-15H2,1,3H3. The normalized spacial score (nSPS) is 17.7. The fourth-order valence-corrected chi connectivity index (χ4v) is 4.89. The van der Waals surface area contributed by atoms with E-state index in [1.165, 1.54) is 10.4 Å². The average Bonchev–Trinajstić information content (AvgIpc) is 2.71. The lowest BCUT2D eigenvalue weighted by atomic mass is 10.3. The molecule has 8 nitrogen and oxygen atoms in total. The van der Waals surface area contributed by atoms with Crippen LogP contribution < -0.4 is 9.47 Å². The molecule has 2 aliphatic heterocycles. The van der Waals surface area contributed by atoms with E-state index in [1.54, 1.807) is 17.0 Å². The second-order valence-corrected chi connectivity index (χ2v) is 9.29. The quantitative estimate of drug-likeness (QED) is 0.613. The van der Waals surface area contributed by atoms with Crippen LogP contribution >= 0.6 is 0 Å². The van der Waals surface area contributed by atoms with Crippen molar-refractivity contribution in [3.8, 4) is 11.5 Å². The Bertz CT molecular complexity index is 863. The molecule has 160 valence electrons. The highest BCUT2D eigenvalue weighted by atomic mass is 32.2. The van der Waals surface area contributed by atoms with E-state index in [2.05, 4.69) is 6.58 Å². The molecule has 1 saturated heterocycles. The van der Waals surface area contributed by atoms with Gasteiger partial charge in [-0.25, -0.2) is 8.42 Å². The number of fused-ring (bicyclic) bond motifs is 1. The number of benzene rings is 1. The van der Waals surface area contributed by atoms with E-state index in [-0.39, 0.29) is 10.8 Å². The van der Waals surface area contributed by atoms with E-state index in [1.807, 2.05) is 18.7 Å². The summed E-state index contributed by atoms with van der Waals surface area (Å²) in [6.07, 6.45) is 0. The first-order valence-electron chi connectivity index (χ1n) is 9.85. The Labute approximate surface area is 172 Å². The lowest BCUT2D eigenvalue weighted by molar-refractivity contribution is -0.132. The van der Waals surface area contributed by atoms with Gasteiger partial charge >= 0.3 is 0 Å². The zero-order valence-electron chi connectivity index (χ0n) is 17.1. The van der Waals surface area contributed by atoms with Gasteiger partial charge in [-0.3, -0.25) is 9.69 Å². The van der Waals surface area contributed by atoms with Gasteiger partial charge in [-0.05, 0) is 26.0 Å². The minimum atomic E-state index is -3.62. The Morgan fingerprint density at radius 2 is 1.79 bits per heavy atom. The number of carbonyl (C=O) groups excluding carboxylic acids is 1. The summed E-state index contributed by atoms with van der Waals surface area (Å²) < 4.78 is 38.4. The third kappa shape index (κ3) is 5.09. The van der Waals surface area contributed by atoms with Crippen LogP contribution in [0.15, 0.2) is 35.2 Å². The predicted molar refractivity (Wildman–Crippen MR) is 110 cm³/mol. The van der Waals surface area contributed by atoms with E-state index in [4.69, 9.17) is 9.47 Å². The van der Waals surface area contributed by atoms with Gasteiger partial charge in [0.15, 0.2) is 11.5 Å². The minimum absolute atomic E-state index is 0.0404. The van der Waals surface area contributed by atoms with E-state index >= 15 is 0 Å². The molecular formula is C20H29N3O5S. The van der Waals surface area contributed by atoms with Gasteiger partial charge in [0.05, 0.1) is 11.4 Å². The molecule has 9 heteroatoms. The van der Waals surface area contributed by atoms with Crippen molar-refractivity contribution in [3.63, 3.8) is 0 Å². The molecule has 1 fully saturated rings. The first-order chi connectivity index (χ1) is 13.8. The maximum atomic E-state index is 13.0. The molecule has 0 aromatic heterocycles. The Kier molecular flexibility index (Phi) is 6.81. The molecule has 2 heterocycles. The highest BCUT2D eigenvalue weighted by Gasteiger charge is 2.30. The number of carbonyl (C=O) groups is 1. The van der Waals surface area contributed by atoms with Crippen molar-refractivity contribution >= 4 is 15.9 Å². The molecule has 0 bridgehead atoms. The van der Waals surface area contributed by atoms with Crippen molar-refractivity contribution in [1.29, 1.82) is 0 Å². The van der Waals surface area contributed by atoms with Crippen LogP contribution in [0.25, 0.3) is 0 Å². The maximum Gasteiger partial charge on any atom is 0.243 e. The van der Waals surface area contributed by atoms with Gasteiger partial charge in [-0.2, -0.15) is 4.31 Å². The van der Waals surface area contributed by atoms with Crippen LogP contribution in [0.1, 0.15) is 13.8 Å². The van der Waals surface area contributed by atoms with Crippen LogP contribution in [-0.2, 0) is 14.8 Å². The summed E-state index contributed by atoms with van der Waals surface area (Å²) in [6, 6.07) is 4.71. The van der Waals surface area contributed by atoms with Crippen LogP contribution in [0, 0.1) is 0 Å². The molecule has 0 saturated carbocycles. The van der Waals surface area contributed by atoms with Crippen LogP contribution in [0.2, 0.25) is 0 Å². The lowest BCUT2D eigenvalue weighted by Gasteiger charge is -2.34. The molecule has 0 atom stereocenters. The number of nitrogens with zero attached hydrogens (tertiary/aromatic N) is 3. The number of rotatable bonds is 7. The van der Waals surface area contributed by atoms with Crippen LogP contribution in [0.5, 0.6) is 11.5 Å². The van der Waals surface area contributed by atoms with E-state index in [0.29, 0.717) is 70.5 Å². The van der Waals surface area contributed by atoms with Gasteiger partial charge in [-0.15, -0.1) is 0 Å². The largest absolute Gasteiger partial charge is 0.486 e. The molecular weight excluding hydrogens is 394 g/mol. The predicted octanol–water partition coefficient (Wildman–Crippen LogP) is 1.19. The second-order valence-electron chi connectivity index (χ2n) is 7.35. The van der Waals surface area contributed by atoms with Crippen molar-refractivity contribution in [2.24, 2.45) is 0 Å². The molecule has 29 heavy (non-hydrogen) atoms. The summed E-state index contributed by atoms with van der Waals surface area (Å²) in [6.45, 7) is 11.8. The molecule has 1 amide bonds. The molecule has 1 aromatic rings. The fraction of sp³-hybridized carbons (Fsp3) is 0.550. The summed E-state index contributed by atoms with van der Waals surface area (Å²) in [5.41, 5.74) is 0.940. The van der Waals surface area contributed by atoms with Crippen molar-refractivity contribution in [3.05, 3.63) is 30.4 Å². The zero-order valence-corrected chi connectivity index (χ0v) is 17.9.